The molecule has 0 fully saturated rings. The van der Waals surface area contributed by atoms with E-state index >= 15 is 0 Å². The fraction of sp³-hybridized carbons (Fsp3) is 0.467. The van der Waals surface area contributed by atoms with Crippen molar-refractivity contribution in [3.63, 3.8) is 0 Å². The summed E-state index contributed by atoms with van der Waals surface area (Å²) < 4.78 is 29.4. The molecule has 0 spiro atoms. The Hall–Kier alpha value is -2.31. The largest absolute Gasteiger partial charge is 0.485 e. The molecule has 1 aromatic rings. The zero-order valence-corrected chi connectivity index (χ0v) is 14.7. The number of ether oxygens (including phenoxy) is 1. The number of guanidine groups is 1. The van der Waals surface area contributed by atoms with Crippen LogP contribution in [0.5, 0.6) is 5.75 Å². The van der Waals surface area contributed by atoms with E-state index in [-0.39, 0.29) is 10.9 Å². The lowest BCUT2D eigenvalue weighted by Gasteiger charge is -2.42. The number of benzene rings is 1. The van der Waals surface area contributed by atoms with Crippen molar-refractivity contribution in [2.24, 2.45) is 4.99 Å². The Kier molecular flexibility index (Phi) is 4.73. The third kappa shape index (κ3) is 3.44. The van der Waals surface area contributed by atoms with E-state index in [1.807, 2.05) is 0 Å². The highest BCUT2D eigenvalue weighted by molar-refractivity contribution is 7.90. The third-order valence-corrected chi connectivity index (χ3v) is 4.95. The average molecular weight is 352 g/mol. The molecule has 130 valence electrons. The Morgan fingerprint density at radius 3 is 2.67 bits per heavy atom. The lowest BCUT2D eigenvalue weighted by molar-refractivity contribution is -0.0612. The molecule has 0 amide bonds. The summed E-state index contributed by atoms with van der Waals surface area (Å²) in [6.07, 6.45) is 1.76. The average Bonchev–Trinajstić information content (AvgIpc) is 2.49. The number of aliphatic imine (C=N–C) groups is 1. The molecule has 0 unspecified atom stereocenters. The summed E-state index contributed by atoms with van der Waals surface area (Å²) in [5, 5.41) is 25.0. The first-order valence-corrected chi connectivity index (χ1v) is 9.11. The third-order valence-electron chi connectivity index (χ3n) is 3.84. The summed E-state index contributed by atoms with van der Waals surface area (Å²) in [4.78, 5) is 3.71. The number of aliphatic hydroxyl groups is 1. The lowest BCUT2D eigenvalue weighted by atomic mass is 9.86. The van der Waals surface area contributed by atoms with Gasteiger partial charge in [0.15, 0.2) is 9.84 Å². The van der Waals surface area contributed by atoms with Gasteiger partial charge in [-0.05, 0) is 32.0 Å². The summed E-state index contributed by atoms with van der Waals surface area (Å²) in [5.74, 6) is 0.623. The van der Waals surface area contributed by atoms with Crippen molar-refractivity contribution in [3.05, 3.63) is 23.8 Å². The van der Waals surface area contributed by atoms with Crippen molar-refractivity contribution >= 4 is 15.8 Å². The fourth-order valence-electron chi connectivity index (χ4n) is 2.52. The van der Waals surface area contributed by atoms with E-state index in [0.29, 0.717) is 11.3 Å². The molecule has 0 radical (unpaired) electrons. The predicted octanol–water partition coefficient (Wildman–Crippen LogP) is 0.309. The van der Waals surface area contributed by atoms with Crippen LogP contribution in [0.3, 0.4) is 0 Å². The maximum atomic E-state index is 11.8. The molecule has 8 nitrogen and oxygen atoms in total. The molecule has 24 heavy (non-hydrogen) atoms. The molecule has 1 heterocycles. The van der Waals surface area contributed by atoms with Crippen LogP contribution in [0.25, 0.3) is 0 Å². The molecule has 0 saturated carbocycles. The number of nitrogens with zero attached hydrogens (tertiary/aromatic N) is 2. The van der Waals surface area contributed by atoms with Gasteiger partial charge in [0, 0.05) is 18.9 Å². The van der Waals surface area contributed by atoms with Crippen LogP contribution < -0.4 is 15.4 Å². The minimum atomic E-state index is -3.41. The molecule has 0 aliphatic carbocycles. The van der Waals surface area contributed by atoms with Crippen LogP contribution in [-0.4, -0.2) is 44.5 Å². The Balaban J connectivity index is 2.57. The normalized spacial score (nSPS) is 22.8. The van der Waals surface area contributed by atoms with Gasteiger partial charge in [0.05, 0.1) is 10.9 Å². The second kappa shape index (κ2) is 6.30. The number of sulfone groups is 1. The van der Waals surface area contributed by atoms with Gasteiger partial charge in [0.1, 0.15) is 17.5 Å². The zero-order valence-electron chi connectivity index (χ0n) is 13.9. The van der Waals surface area contributed by atoms with Crippen molar-refractivity contribution < 1.29 is 18.3 Å². The number of nitrogens with one attached hydrogen (secondary N) is 2. The van der Waals surface area contributed by atoms with Crippen LogP contribution in [0.15, 0.2) is 28.1 Å². The molecule has 1 aliphatic rings. The van der Waals surface area contributed by atoms with Gasteiger partial charge in [-0.3, -0.25) is 0 Å². The number of nitriles is 1. The molecular weight excluding hydrogens is 332 g/mol. The van der Waals surface area contributed by atoms with E-state index in [1.165, 1.54) is 12.1 Å². The smallest absolute Gasteiger partial charge is 0.209 e. The van der Waals surface area contributed by atoms with E-state index in [0.717, 1.165) is 6.26 Å². The first-order chi connectivity index (χ1) is 11.1. The maximum absolute atomic E-state index is 11.8. The van der Waals surface area contributed by atoms with E-state index < -0.39 is 27.6 Å². The van der Waals surface area contributed by atoms with Gasteiger partial charge in [-0.2, -0.15) is 5.26 Å². The first-order valence-electron chi connectivity index (χ1n) is 7.22. The Morgan fingerprint density at radius 1 is 1.46 bits per heavy atom. The van der Waals surface area contributed by atoms with Crippen molar-refractivity contribution in [1.29, 1.82) is 5.26 Å². The second-order valence-corrected chi connectivity index (χ2v) is 8.07. The number of aliphatic hydroxyl groups excluding tert-OH is 1. The van der Waals surface area contributed by atoms with Crippen molar-refractivity contribution in [3.8, 4) is 11.9 Å². The molecule has 9 heteroatoms. The van der Waals surface area contributed by atoms with Crippen LogP contribution in [0, 0.1) is 11.5 Å². The molecule has 0 aromatic heterocycles. The first kappa shape index (κ1) is 18.0. The predicted molar refractivity (Wildman–Crippen MR) is 88.3 cm³/mol. The van der Waals surface area contributed by atoms with Crippen LogP contribution >= 0.6 is 0 Å². The summed E-state index contributed by atoms with van der Waals surface area (Å²) in [6, 6.07) is 3.78. The molecule has 2 atom stereocenters. The maximum Gasteiger partial charge on any atom is 0.209 e. The highest BCUT2D eigenvalue weighted by Crippen LogP contribution is 2.40. The highest BCUT2D eigenvalue weighted by Gasteiger charge is 2.43. The Morgan fingerprint density at radius 2 is 2.12 bits per heavy atom. The second-order valence-electron chi connectivity index (χ2n) is 6.05. The van der Waals surface area contributed by atoms with E-state index in [4.69, 9.17) is 10.00 Å². The number of rotatable bonds is 2. The van der Waals surface area contributed by atoms with Gasteiger partial charge < -0.3 is 20.5 Å². The Bertz CT molecular complexity index is 811. The van der Waals surface area contributed by atoms with Crippen molar-refractivity contribution in [1.82, 2.24) is 10.6 Å². The number of fused-ring (bicyclic) bond motifs is 1. The molecular formula is C15H20N4O4S. The van der Waals surface area contributed by atoms with Gasteiger partial charge in [-0.15, -0.1) is 4.99 Å². The van der Waals surface area contributed by atoms with Gasteiger partial charge >= 0.3 is 0 Å². The van der Waals surface area contributed by atoms with Crippen LogP contribution in [0.4, 0.5) is 0 Å². The summed E-state index contributed by atoms with van der Waals surface area (Å²) in [6.45, 7) is 3.44. The molecule has 1 aromatic carbocycles. The van der Waals surface area contributed by atoms with Crippen molar-refractivity contribution in [2.45, 2.75) is 36.5 Å². The minimum Gasteiger partial charge on any atom is -0.485 e. The number of hydrogen-bond donors (Lipinski definition) is 3. The van der Waals surface area contributed by atoms with Crippen LogP contribution in [0.1, 0.15) is 25.5 Å². The van der Waals surface area contributed by atoms with Crippen LogP contribution in [-0.2, 0) is 9.84 Å². The number of hydrogen-bond acceptors (Lipinski definition) is 6. The molecule has 3 N–H and O–H groups in total. The molecule has 0 saturated heterocycles. The van der Waals surface area contributed by atoms with Crippen molar-refractivity contribution in [2.75, 3.05) is 13.3 Å². The lowest BCUT2D eigenvalue weighted by Crippen LogP contribution is -2.54. The van der Waals surface area contributed by atoms with E-state index in [2.05, 4.69) is 15.6 Å². The van der Waals surface area contributed by atoms with Gasteiger partial charge in [0.25, 0.3) is 0 Å². The Labute approximate surface area is 141 Å². The summed E-state index contributed by atoms with van der Waals surface area (Å²) >= 11 is 0. The highest BCUT2D eigenvalue weighted by atomic mass is 32.2. The van der Waals surface area contributed by atoms with Crippen LogP contribution in [0.2, 0.25) is 0 Å². The minimum absolute atomic E-state index is 0.117. The summed E-state index contributed by atoms with van der Waals surface area (Å²) in [7, 11) is -1.84. The fourth-order valence-corrected chi connectivity index (χ4v) is 3.18. The standard InChI is InChI=1S/C15H20N4O4S/c1-15(2)13(20)12(19-14(17-3)18-8-16)10-7-9(24(4,21)22)5-6-11(10)23-15/h5-7,12-13,20H,1-4H3,(H2,17,18,19)/t12-,13+/m0/s1. The molecule has 1 aliphatic heterocycles. The van der Waals surface area contributed by atoms with Gasteiger partial charge in [-0.1, -0.05) is 0 Å². The zero-order chi connectivity index (χ0) is 18.1. The monoisotopic (exact) mass is 352 g/mol. The molecule has 2 rings (SSSR count). The SMILES string of the molecule is CN/C(=N/C#N)N[C@H]1c2cc(S(C)(=O)=O)ccc2OC(C)(C)[C@@H]1O. The summed E-state index contributed by atoms with van der Waals surface area (Å²) in [5.41, 5.74) is -0.436. The van der Waals surface area contributed by atoms with E-state index in [1.54, 1.807) is 33.2 Å². The topological polar surface area (TPSA) is 124 Å². The van der Waals surface area contributed by atoms with Gasteiger partial charge in [0.2, 0.25) is 12.2 Å². The van der Waals surface area contributed by atoms with E-state index in [9.17, 15) is 13.5 Å². The van der Waals surface area contributed by atoms with Gasteiger partial charge in [-0.25, -0.2) is 8.42 Å². The molecule has 0 bridgehead atoms. The quantitative estimate of drug-likeness (QED) is 0.397.